The van der Waals surface area contributed by atoms with Crippen molar-refractivity contribution in [3.8, 4) is 5.88 Å². The molecule has 1 heterocycles. The van der Waals surface area contributed by atoms with E-state index < -0.39 is 0 Å². The molecule has 0 atom stereocenters. The van der Waals surface area contributed by atoms with Crippen LogP contribution in [0, 0.1) is 0 Å². The first-order valence-electron chi connectivity index (χ1n) is 5.50. The number of hydrogen-bond acceptors (Lipinski definition) is 4. The predicted octanol–water partition coefficient (Wildman–Crippen LogP) is 3.02. The molecule has 0 unspecified atom stereocenters. The maximum absolute atomic E-state index is 6.05. The standard InChI is InChI=1S/C12H10Cl2N4OS/c13-8-2-1-3-9(14)7(8)6-19-11-5-16-4-10(17-11)18-12(15)20/h1-5H,6H2,(H3,15,17,18,20). The number of nitrogens with two attached hydrogens (primary N) is 1. The molecule has 8 heteroatoms. The number of anilines is 1. The zero-order valence-corrected chi connectivity index (χ0v) is 12.5. The molecule has 3 N–H and O–H groups in total. The van der Waals surface area contributed by atoms with Gasteiger partial charge in [-0.05, 0) is 24.4 Å². The summed E-state index contributed by atoms with van der Waals surface area (Å²) in [7, 11) is 0. The Kier molecular flexibility index (Phi) is 4.94. The molecule has 0 amide bonds. The summed E-state index contributed by atoms with van der Waals surface area (Å²) in [6, 6.07) is 5.24. The van der Waals surface area contributed by atoms with Gasteiger partial charge in [-0.3, -0.25) is 4.98 Å². The van der Waals surface area contributed by atoms with E-state index in [4.69, 9.17) is 45.9 Å². The molecule has 0 saturated heterocycles. The first-order valence-corrected chi connectivity index (χ1v) is 6.67. The van der Waals surface area contributed by atoms with E-state index in [1.54, 1.807) is 18.2 Å². The summed E-state index contributed by atoms with van der Waals surface area (Å²) in [6.45, 7) is 0.184. The number of rotatable bonds is 4. The van der Waals surface area contributed by atoms with E-state index in [-0.39, 0.29) is 11.7 Å². The quantitative estimate of drug-likeness (QED) is 0.840. The lowest BCUT2D eigenvalue weighted by Crippen LogP contribution is -2.19. The van der Waals surface area contributed by atoms with Crippen LogP contribution in [0.3, 0.4) is 0 Å². The van der Waals surface area contributed by atoms with Crippen molar-refractivity contribution in [3.05, 3.63) is 46.2 Å². The second-order valence-electron chi connectivity index (χ2n) is 3.72. The Balaban J connectivity index is 2.09. The average Bonchev–Trinajstić information content (AvgIpc) is 2.38. The van der Waals surface area contributed by atoms with Crippen LogP contribution in [0.4, 0.5) is 5.82 Å². The minimum Gasteiger partial charge on any atom is -0.472 e. The molecular weight excluding hydrogens is 319 g/mol. The predicted molar refractivity (Wildman–Crippen MR) is 83.2 cm³/mol. The lowest BCUT2D eigenvalue weighted by molar-refractivity contribution is 0.293. The van der Waals surface area contributed by atoms with Crippen LogP contribution in [0.25, 0.3) is 0 Å². The van der Waals surface area contributed by atoms with Crippen molar-refractivity contribution in [2.24, 2.45) is 5.73 Å². The Morgan fingerprint density at radius 3 is 2.65 bits per heavy atom. The lowest BCUT2D eigenvalue weighted by atomic mass is 10.2. The third-order valence-corrected chi connectivity index (χ3v) is 3.10. The number of nitrogens with zero attached hydrogens (tertiary/aromatic N) is 2. The number of halogens is 2. The number of hydrogen-bond donors (Lipinski definition) is 2. The molecule has 0 aliphatic heterocycles. The van der Waals surface area contributed by atoms with Crippen molar-refractivity contribution in [1.29, 1.82) is 0 Å². The second-order valence-corrected chi connectivity index (χ2v) is 4.97. The van der Waals surface area contributed by atoms with Gasteiger partial charge in [0.15, 0.2) is 10.9 Å². The van der Waals surface area contributed by atoms with Gasteiger partial charge in [0, 0.05) is 15.6 Å². The van der Waals surface area contributed by atoms with Gasteiger partial charge < -0.3 is 15.8 Å². The normalized spacial score (nSPS) is 10.1. The highest BCUT2D eigenvalue weighted by Crippen LogP contribution is 2.25. The fraction of sp³-hybridized carbons (Fsp3) is 0.0833. The van der Waals surface area contributed by atoms with Crippen LogP contribution in [0.2, 0.25) is 10.0 Å². The van der Waals surface area contributed by atoms with Crippen LogP contribution in [0.15, 0.2) is 30.6 Å². The van der Waals surface area contributed by atoms with Crippen molar-refractivity contribution < 1.29 is 4.74 Å². The van der Waals surface area contributed by atoms with Crippen LogP contribution in [-0.2, 0) is 6.61 Å². The molecule has 0 fully saturated rings. The van der Waals surface area contributed by atoms with Crippen LogP contribution in [0.1, 0.15) is 5.56 Å². The molecular formula is C12H10Cl2N4OS. The minimum atomic E-state index is 0.102. The molecule has 0 spiro atoms. The van der Waals surface area contributed by atoms with Crippen molar-refractivity contribution in [3.63, 3.8) is 0 Å². The average molecular weight is 329 g/mol. The zero-order valence-electron chi connectivity index (χ0n) is 10.1. The molecule has 20 heavy (non-hydrogen) atoms. The van der Waals surface area contributed by atoms with E-state index in [1.165, 1.54) is 12.4 Å². The highest BCUT2D eigenvalue weighted by Gasteiger charge is 2.07. The fourth-order valence-electron chi connectivity index (χ4n) is 1.42. The molecule has 104 valence electrons. The Hall–Kier alpha value is -1.63. The third-order valence-electron chi connectivity index (χ3n) is 2.29. The molecule has 5 nitrogen and oxygen atoms in total. The smallest absolute Gasteiger partial charge is 0.234 e. The first kappa shape index (κ1) is 14.8. The molecule has 1 aromatic carbocycles. The maximum Gasteiger partial charge on any atom is 0.234 e. The summed E-state index contributed by atoms with van der Waals surface area (Å²) in [4.78, 5) is 8.10. The molecule has 0 aliphatic rings. The second kappa shape index (κ2) is 6.69. The topological polar surface area (TPSA) is 73.1 Å². The molecule has 1 aromatic heterocycles. The number of benzene rings is 1. The largest absolute Gasteiger partial charge is 0.472 e. The van der Waals surface area contributed by atoms with Crippen molar-refractivity contribution in [2.45, 2.75) is 6.61 Å². The van der Waals surface area contributed by atoms with Gasteiger partial charge in [-0.2, -0.15) is 4.98 Å². The van der Waals surface area contributed by atoms with Crippen molar-refractivity contribution in [1.82, 2.24) is 9.97 Å². The number of ether oxygens (including phenoxy) is 1. The van der Waals surface area contributed by atoms with Crippen LogP contribution in [0.5, 0.6) is 5.88 Å². The summed E-state index contributed by atoms with van der Waals surface area (Å²) in [5.74, 6) is 0.711. The molecule has 0 bridgehead atoms. The molecule has 0 saturated carbocycles. The lowest BCUT2D eigenvalue weighted by Gasteiger charge is -2.09. The van der Waals surface area contributed by atoms with Gasteiger partial charge in [0.2, 0.25) is 5.88 Å². The van der Waals surface area contributed by atoms with Crippen LogP contribution >= 0.6 is 35.4 Å². The SMILES string of the molecule is NC(=S)Nc1cncc(OCc2c(Cl)cccc2Cl)n1. The summed E-state index contributed by atoms with van der Waals surface area (Å²) < 4.78 is 5.51. The van der Waals surface area contributed by atoms with E-state index in [0.29, 0.717) is 27.3 Å². The first-order chi connectivity index (χ1) is 9.56. The summed E-state index contributed by atoms with van der Waals surface area (Å²) >= 11 is 16.8. The van der Waals surface area contributed by atoms with Crippen molar-refractivity contribution >= 4 is 46.4 Å². The van der Waals surface area contributed by atoms with E-state index in [2.05, 4.69) is 15.3 Å². The molecule has 0 aliphatic carbocycles. The molecule has 0 radical (unpaired) electrons. The number of thiocarbonyl (C=S) groups is 1. The highest BCUT2D eigenvalue weighted by molar-refractivity contribution is 7.80. The van der Waals surface area contributed by atoms with E-state index in [0.717, 1.165) is 0 Å². The molecule has 2 aromatic rings. The summed E-state index contributed by atoms with van der Waals surface area (Å²) in [5.41, 5.74) is 6.04. The maximum atomic E-state index is 6.05. The van der Waals surface area contributed by atoms with Gasteiger partial charge in [0.25, 0.3) is 0 Å². The Bertz CT molecular complexity index is 618. The van der Waals surface area contributed by atoms with E-state index in [9.17, 15) is 0 Å². The van der Waals surface area contributed by atoms with Gasteiger partial charge in [-0.15, -0.1) is 0 Å². The van der Waals surface area contributed by atoms with Crippen molar-refractivity contribution in [2.75, 3.05) is 5.32 Å². The monoisotopic (exact) mass is 328 g/mol. The van der Waals surface area contributed by atoms with Crippen LogP contribution < -0.4 is 15.8 Å². The van der Waals surface area contributed by atoms with Gasteiger partial charge in [-0.25, -0.2) is 0 Å². The Morgan fingerprint density at radius 1 is 1.30 bits per heavy atom. The van der Waals surface area contributed by atoms with E-state index >= 15 is 0 Å². The Morgan fingerprint density at radius 2 is 2.00 bits per heavy atom. The molecule has 2 rings (SSSR count). The third kappa shape index (κ3) is 3.93. The summed E-state index contributed by atoms with van der Waals surface area (Å²) in [6.07, 6.45) is 2.95. The number of aromatic nitrogens is 2. The fourth-order valence-corrected chi connectivity index (χ4v) is 2.03. The number of nitrogens with one attached hydrogen (secondary N) is 1. The minimum absolute atomic E-state index is 0.102. The Labute approximate surface area is 131 Å². The van der Waals surface area contributed by atoms with Crippen LogP contribution in [-0.4, -0.2) is 15.1 Å². The zero-order chi connectivity index (χ0) is 14.5. The van der Waals surface area contributed by atoms with Gasteiger partial charge >= 0.3 is 0 Å². The van der Waals surface area contributed by atoms with E-state index in [1.807, 2.05) is 0 Å². The summed E-state index contributed by atoms with van der Waals surface area (Å²) in [5, 5.41) is 3.83. The van der Waals surface area contributed by atoms with Gasteiger partial charge in [-0.1, -0.05) is 29.3 Å². The highest BCUT2D eigenvalue weighted by atomic mass is 35.5. The van der Waals surface area contributed by atoms with Gasteiger partial charge in [0.05, 0.1) is 12.4 Å². The van der Waals surface area contributed by atoms with Gasteiger partial charge in [0.1, 0.15) is 6.61 Å².